The molecule has 1 aromatic heterocycles. The largest absolute Gasteiger partial charge is 0.383 e. The quantitative estimate of drug-likeness (QED) is 0.755. The average molecular weight is 237 g/mol. The minimum absolute atomic E-state index is 0.683. The molecular formula is C11H19N5O. The van der Waals surface area contributed by atoms with E-state index in [1.165, 1.54) is 0 Å². The summed E-state index contributed by atoms with van der Waals surface area (Å²) in [5.41, 5.74) is 1.15. The van der Waals surface area contributed by atoms with Gasteiger partial charge in [-0.2, -0.15) is 5.10 Å². The molecule has 0 saturated carbocycles. The third-order valence-corrected chi connectivity index (χ3v) is 2.57. The molecule has 6 heteroatoms. The molecule has 17 heavy (non-hydrogen) atoms. The van der Waals surface area contributed by atoms with Crippen LogP contribution in [0, 0.1) is 0 Å². The molecule has 0 bridgehead atoms. The van der Waals surface area contributed by atoms with Gasteiger partial charge in [-0.25, -0.2) is 0 Å². The van der Waals surface area contributed by atoms with E-state index in [9.17, 15) is 0 Å². The van der Waals surface area contributed by atoms with Crippen molar-refractivity contribution >= 4 is 5.96 Å². The zero-order valence-corrected chi connectivity index (χ0v) is 10.1. The van der Waals surface area contributed by atoms with Crippen molar-refractivity contribution in [1.82, 2.24) is 20.4 Å². The van der Waals surface area contributed by atoms with Crippen LogP contribution < -0.4 is 10.6 Å². The predicted molar refractivity (Wildman–Crippen MR) is 65.9 cm³/mol. The molecule has 0 amide bonds. The van der Waals surface area contributed by atoms with Crippen LogP contribution in [-0.4, -0.2) is 42.5 Å². The zero-order chi connectivity index (χ0) is 11.9. The smallest absolute Gasteiger partial charge is 0.191 e. The monoisotopic (exact) mass is 237 g/mol. The molecule has 6 nitrogen and oxygen atoms in total. The predicted octanol–water partition coefficient (Wildman–Crippen LogP) is -0.0316. The Kier molecular flexibility index (Phi) is 4.37. The maximum atomic E-state index is 5.00. The molecule has 2 heterocycles. The maximum absolute atomic E-state index is 5.00. The molecular weight excluding hydrogens is 218 g/mol. The van der Waals surface area contributed by atoms with Crippen LogP contribution in [0.4, 0.5) is 0 Å². The van der Waals surface area contributed by atoms with Crippen LogP contribution in [0.2, 0.25) is 0 Å². The fourth-order valence-corrected chi connectivity index (χ4v) is 1.64. The number of guanidine groups is 1. The third-order valence-electron chi connectivity index (χ3n) is 2.57. The molecule has 94 valence electrons. The van der Waals surface area contributed by atoms with Crippen LogP contribution in [-0.2, 0) is 17.8 Å². The molecule has 0 saturated heterocycles. The van der Waals surface area contributed by atoms with Crippen LogP contribution in [0.1, 0.15) is 12.0 Å². The van der Waals surface area contributed by atoms with Crippen molar-refractivity contribution in [3.8, 4) is 0 Å². The minimum Gasteiger partial charge on any atom is -0.383 e. The molecule has 1 aliphatic rings. The van der Waals surface area contributed by atoms with Gasteiger partial charge in [-0.15, -0.1) is 0 Å². The highest BCUT2D eigenvalue weighted by molar-refractivity contribution is 5.80. The van der Waals surface area contributed by atoms with E-state index < -0.39 is 0 Å². The fourth-order valence-electron chi connectivity index (χ4n) is 1.64. The number of hydrogen-bond acceptors (Lipinski definition) is 5. The van der Waals surface area contributed by atoms with Crippen LogP contribution in [0.25, 0.3) is 0 Å². The second-order valence-electron chi connectivity index (χ2n) is 3.97. The summed E-state index contributed by atoms with van der Waals surface area (Å²) < 4.78 is 6.89. The van der Waals surface area contributed by atoms with Crippen LogP contribution in [0.5, 0.6) is 0 Å². The highest BCUT2D eigenvalue weighted by Gasteiger charge is 2.04. The average Bonchev–Trinajstić information content (AvgIpc) is 2.83. The highest BCUT2D eigenvalue weighted by Crippen LogP contribution is 1.97. The Bertz CT molecular complexity index is 374. The first-order valence-corrected chi connectivity index (χ1v) is 5.91. The second kappa shape index (κ2) is 6.24. The summed E-state index contributed by atoms with van der Waals surface area (Å²) in [4.78, 5) is 4.35. The molecule has 0 unspecified atom stereocenters. The van der Waals surface area contributed by atoms with Gasteiger partial charge in [0.1, 0.15) is 0 Å². The van der Waals surface area contributed by atoms with E-state index in [-0.39, 0.29) is 0 Å². The lowest BCUT2D eigenvalue weighted by molar-refractivity contribution is 0.183. The summed E-state index contributed by atoms with van der Waals surface area (Å²) in [6.07, 6.45) is 5.00. The second-order valence-corrected chi connectivity index (χ2v) is 3.97. The highest BCUT2D eigenvalue weighted by atomic mass is 16.5. The number of ether oxygens (including phenoxy) is 1. The Morgan fingerprint density at radius 3 is 3.29 bits per heavy atom. The summed E-state index contributed by atoms with van der Waals surface area (Å²) >= 11 is 0. The van der Waals surface area contributed by atoms with E-state index in [2.05, 4.69) is 20.7 Å². The Hall–Kier alpha value is -1.56. The van der Waals surface area contributed by atoms with E-state index >= 15 is 0 Å². The topological polar surface area (TPSA) is 63.5 Å². The first kappa shape index (κ1) is 11.9. The number of rotatable bonds is 5. The standard InChI is InChI=1S/C11H19N5O/c1-17-6-5-16-9-10(8-15-16)7-14-11-12-3-2-4-13-11/h8-9H,2-7H2,1H3,(H2,12,13,14). The van der Waals surface area contributed by atoms with E-state index in [0.29, 0.717) is 6.61 Å². The van der Waals surface area contributed by atoms with Crippen molar-refractivity contribution in [2.75, 3.05) is 26.8 Å². The number of nitrogens with zero attached hydrogens (tertiary/aromatic N) is 3. The Morgan fingerprint density at radius 2 is 2.53 bits per heavy atom. The normalized spacial score (nSPS) is 15.2. The Balaban J connectivity index is 1.78. The summed E-state index contributed by atoms with van der Waals surface area (Å²) in [6.45, 7) is 4.12. The van der Waals surface area contributed by atoms with Crippen molar-refractivity contribution in [3.05, 3.63) is 18.0 Å². The lowest BCUT2D eigenvalue weighted by Crippen LogP contribution is -2.40. The van der Waals surface area contributed by atoms with Crippen LogP contribution in [0.15, 0.2) is 17.4 Å². The van der Waals surface area contributed by atoms with Gasteiger partial charge in [0.2, 0.25) is 0 Å². The molecule has 2 rings (SSSR count). The van der Waals surface area contributed by atoms with Gasteiger partial charge in [-0.3, -0.25) is 9.67 Å². The molecule has 0 fully saturated rings. The van der Waals surface area contributed by atoms with Gasteiger partial charge < -0.3 is 15.4 Å². The summed E-state index contributed by atoms with van der Waals surface area (Å²) in [7, 11) is 1.69. The minimum atomic E-state index is 0.683. The summed E-state index contributed by atoms with van der Waals surface area (Å²) in [5, 5.41) is 10.7. The molecule has 0 spiro atoms. The van der Waals surface area contributed by atoms with Gasteiger partial charge >= 0.3 is 0 Å². The molecule has 1 aliphatic heterocycles. The van der Waals surface area contributed by atoms with Crippen molar-refractivity contribution in [2.45, 2.75) is 19.5 Å². The van der Waals surface area contributed by atoms with E-state index in [0.717, 1.165) is 44.1 Å². The lowest BCUT2D eigenvalue weighted by Gasteiger charge is -2.15. The molecule has 0 atom stereocenters. The molecule has 0 radical (unpaired) electrons. The first-order valence-electron chi connectivity index (χ1n) is 5.91. The molecule has 0 aromatic carbocycles. The van der Waals surface area contributed by atoms with Crippen molar-refractivity contribution in [3.63, 3.8) is 0 Å². The van der Waals surface area contributed by atoms with Crippen molar-refractivity contribution in [1.29, 1.82) is 0 Å². The molecule has 2 N–H and O–H groups in total. The number of aromatic nitrogens is 2. The third kappa shape index (κ3) is 3.74. The van der Waals surface area contributed by atoms with Gasteiger partial charge in [0.15, 0.2) is 5.96 Å². The SMILES string of the molecule is COCCn1cc(CNC2=NCCCN2)cn1. The van der Waals surface area contributed by atoms with Gasteiger partial charge in [0.05, 0.1) is 19.3 Å². The number of methoxy groups -OCH3 is 1. The number of nitrogens with one attached hydrogen (secondary N) is 2. The van der Waals surface area contributed by atoms with Crippen molar-refractivity contribution in [2.24, 2.45) is 4.99 Å². The first-order chi connectivity index (χ1) is 8.38. The van der Waals surface area contributed by atoms with Crippen LogP contribution >= 0.6 is 0 Å². The van der Waals surface area contributed by atoms with Gasteiger partial charge in [-0.1, -0.05) is 0 Å². The number of hydrogen-bond donors (Lipinski definition) is 2. The van der Waals surface area contributed by atoms with Crippen LogP contribution in [0.3, 0.4) is 0 Å². The van der Waals surface area contributed by atoms with Gasteiger partial charge in [-0.05, 0) is 6.42 Å². The van der Waals surface area contributed by atoms with Gasteiger partial charge in [0.25, 0.3) is 0 Å². The van der Waals surface area contributed by atoms with Gasteiger partial charge in [0, 0.05) is 38.5 Å². The Morgan fingerprint density at radius 1 is 1.59 bits per heavy atom. The van der Waals surface area contributed by atoms with Crippen molar-refractivity contribution < 1.29 is 4.74 Å². The summed E-state index contributed by atoms with van der Waals surface area (Å²) in [5.74, 6) is 0.890. The zero-order valence-electron chi connectivity index (χ0n) is 10.1. The summed E-state index contributed by atoms with van der Waals surface area (Å²) in [6, 6.07) is 0. The Labute approximate surface area is 101 Å². The van der Waals surface area contributed by atoms with E-state index in [4.69, 9.17) is 4.74 Å². The number of aliphatic imine (C=N–C) groups is 1. The molecule has 1 aromatic rings. The molecule has 0 aliphatic carbocycles. The lowest BCUT2D eigenvalue weighted by atomic mass is 10.3. The van der Waals surface area contributed by atoms with E-state index in [1.54, 1.807) is 7.11 Å². The maximum Gasteiger partial charge on any atom is 0.191 e. The fraction of sp³-hybridized carbons (Fsp3) is 0.636. The van der Waals surface area contributed by atoms with E-state index in [1.807, 2.05) is 17.1 Å².